The molecule has 2 unspecified atom stereocenters. The molecule has 3 N–H and O–H groups in total. The van der Waals surface area contributed by atoms with Crippen LogP contribution in [0.25, 0.3) is 0 Å². The summed E-state index contributed by atoms with van der Waals surface area (Å²) >= 11 is 0. The van der Waals surface area contributed by atoms with Crippen molar-refractivity contribution >= 4 is 18.3 Å². The van der Waals surface area contributed by atoms with Crippen LogP contribution in [0.4, 0.5) is 0 Å². The van der Waals surface area contributed by atoms with Crippen LogP contribution in [-0.4, -0.2) is 11.9 Å². The van der Waals surface area contributed by atoms with Crippen molar-refractivity contribution < 1.29 is 4.79 Å². The Morgan fingerprint density at radius 3 is 2.55 bits per heavy atom. The van der Waals surface area contributed by atoms with Crippen LogP contribution >= 0.6 is 12.4 Å². The first-order valence-electron chi connectivity index (χ1n) is 7.23. The van der Waals surface area contributed by atoms with E-state index in [0.717, 1.165) is 18.4 Å². The fourth-order valence-corrected chi connectivity index (χ4v) is 2.71. The summed E-state index contributed by atoms with van der Waals surface area (Å²) in [5.41, 5.74) is 8.46. The van der Waals surface area contributed by atoms with Gasteiger partial charge in [0.15, 0.2) is 0 Å². The minimum atomic E-state index is 0. The Kier molecular flexibility index (Phi) is 7.03. The summed E-state index contributed by atoms with van der Waals surface area (Å²) < 4.78 is 0. The van der Waals surface area contributed by atoms with Gasteiger partial charge in [-0.15, -0.1) is 12.4 Å². The smallest absolute Gasteiger partial charge is 0.220 e. The molecule has 0 aromatic heterocycles. The maximum atomic E-state index is 11.9. The van der Waals surface area contributed by atoms with Crippen molar-refractivity contribution in [3.63, 3.8) is 0 Å². The van der Waals surface area contributed by atoms with Gasteiger partial charge in [0.05, 0.1) is 0 Å². The van der Waals surface area contributed by atoms with E-state index in [1.165, 1.54) is 18.4 Å². The number of amides is 1. The fraction of sp³-hybridized carbons (Fsp3) is 0.562. The molecule has 3 nitrogen and oxygen atoms in total. The number of benzene rings is 1. The summed E-state index contributed by atoms with van der Waals surface area (Å²) in [5, 5.41) is 2.99. The summed E-state index contributed by atoms with van der Waals surface area (Å²) in [5.74, 6) is 0.495. The molecule has 2 rings (SSSR count). The molecule has 1 fully saturated rings. The maximum Gasteiger partial charge on any atom is 0.220 e. The van der Waals surface area contributed by atoms with Crippen molar-refractivity contribution in [3.05, 3.63) is 35.4 Å². The highest BCUT2D eigenvalue weighted by atomic mass is 35.5. The summed E-state index contributed by atoms with van der Waals surface area (Å²) in [6.45, 7) is 2.67. The summed E-state index contributed by atoms with van der Waals surface area (Å²) in [6.07, 6.45) is 5.16. The number of aryl methyl sites for hydroxylation is 1. The van der Waals surface area contributed by atoms with E-state index >= 15 is 0 Å². The van der Waals surface area contributed by atoms with E-state index in [2.05, 4.69) is 36.5 Å². The molecule has 0 bridgehead atoms. The van der Waals surface area contributed by atoms with Crippen LogP contribution in [0.2, 0.25) is 0 Å². The highest BCUT2D eigenvalue weighted by Gasteiger charge is 2.23. The highest BCUT2D eigenvalue weighted by molar-refractivity contribution is 5.85. The second-order valence-electron chi connectivity index (χ2n) is 5.67. The minimum Gasteiger partial charge on any atom is -0.352 e. The van der Waals surface area contributed by atoms with Crippen LogP contribution in [0.3, 0.4) is 0 Å². The van der Waals surface area contributed by atoms with Crippen LogP contribution in [-0.2, 0) is 11.3 Å². The first-order chi connectivity index (χ1) is 9.15. The third-order valence-electron chi connectivity index (χ3n) is 4.03. The quantitative estimate of drug-likeness (QED) is 0.897. The summed E-state index contributed by atoms with van der Waals surface area (Å²) in [4.78, 5) is 11.9. The molecule has 112 valence electrons. The fourth-order valence-electron chi connectivity index (χ4n) is 2.71. The number of carbonyl (C=O) groups excluding carboxylic acids is 1. The first-order valence-corrected chi connectivity index (χ1v) is 7.23. The highest BCUT2D eigenvalue weighted by Crippen LogP contribution is 2.25. The monoisotopic (exact) mass is 296 g/mol. The van der Waals surface area contributed by atoms with Crippen LogP contribution in [0, 0.1) is 12.8 Å². The largest absolute Gasteiger partial charge is 0.352 e. The maximum absolute atomic E-state index is 11.9. The van der Waals surface area contributed by atoms with E-state index in [9.17, 15) is 4.79 Å². The van der Waals surface area contributed by atoms with Crippen molar-refractivity contribution in [2.75, 3.05) is 0 Å². The number of carbonyl (C=O) groups is 1. The van der Waals surface area contributed by atoms with Crippen molar-refractivity contribution in [2.45, 2.75) is 51.6 Å². The van der Waals surface area contributed by atoms with E-state index in [1.54, 1.807) is 0 Å². The molecule has 1 saturated carbocycles. The molecule has 20 heavy (non-hydrogen) atoms. The van der Waals surface area contributed by atoms with Crippen molar-refractivity contribution in [3.8, 4) is 0 Å². The van der Waals surface area contributed by atoms with Gasteiger partial charge in [0, 0.05) is 19.0 Å². The van der Waals surface area contributed by atoms with Crippen molar-refractivity contribution in [1.82, 2.24) is 5.32 Å². The predicted molar refractivity (Wildman–Crippen MR) is 84.8 cm³/mol. The van der Waals surface area contributed by atoms with E-state index in [0.29, 0.717) is 18.9 Å². The minimum absolute atomic E-state index is 0. The number of nitrogens with one attached hydrogen (secondary N) is 1. The Labute approximate surface area is 127 Å². The Hall–Kier alpha value is -1.06. The Morgan fingerprint density at radius 2 is 1.90 bits per heavy atom. The molecule has 1 aliphatic carbocycles. The van der Waals surface area contributed by atoms with Gasteiger partial charge in [-0.25, -0.2) is 0 Å². The van der Waals surface area contributed by atoms with E-state index in [1.807, 2.05) is 0 Å². The zero-order valence-corrected chi connectivity index (χ0v) is 12.9. The molecular weight excluding hydrogens is 272 g/mol. The van der Waals surface area contributed by atoms with Crippen molar-refractivity contribution in [2.24, 2.45) is 11.7 Å². The van der Waals surface area contributed by atoms with Gasteiger partial charge >= 0.3 is 0 Å². The molecule has 1 aromatic carbocycles. The molecule has 0 heterocycles. The Morgan fingerprint density at radius 1 is 1.25 bits per heavy atom. The zero-order chi connectivity index (χ0) is 13.7. The van der Waals surface area contributed by atoms with Crippen LogP contribution in [0.5, 0.6) is 0 Å². The van der Waals surface area contributed by atoms with Gasteiger partial charge < -0.3 is 11.1 Å². The van der Waals surface area contributed by atoms with Gasteiger partial charge in [-0.2, -0.15) is 0 Å². The number of hydrogen-bond acceptors (Lipinski definition) is 2. The van der Waals surface area contributed by atoms with Gasteiger partial charge in [0.25, 0.3) is 0 Å². The van der Waals surface area contributed by atoms with Crippen LogP contribution in [0.1, 0.15) is 43.2 Å². The predicted octanol–water partition coefficient (Wildman–Crippen LogP) is 2.94. The van der Waals surface area contributed by atoms with Gasteiger partial charge in [-0.1, -0.05) is 42.7 Å². The summed E-state index contributed by atoms with van der Waals surface area (Å²) in [6, 6.07) is 8.46. The third-order valence-corrected chi connectivity index (χ3v) is 4.03. The normalized spacial score (nSPS) is 21.9. The standard InChI is InChI=1S/C16H24N2O.ClH/c1-12-6-8-13(9-7-12)11-18-16(19)10-14-4-2-3-5-15(14)17;/h6-9,14-15H,2-5,10-11,17H2,1H3,(H,18,19);1H. The van der Waals surface area contributed by atoms with Crippen LogP contribution < -0.4 is 11.1 Å². The average molecular weight is 297 g/mol. The lowest BCUT2D eigenvalue weighted by molar-refractivity contribution is -0.122. The zero-order valence-electron chi connectivity index (χ0n) is 12.1. The molecule has 0 radical (unpaired) electrons. The lowest BCUT2D eigenvalue weighted by Gasteiger charge is -2.27. The van der Waals surface area contributed by atoms with E-state index in [4.69, 9.17) is 5.73 Å². The van der Waals surface area contributed by atoms with Gasteiger partial charge in [-0.3, -0.25) is 4.79 Å². The second-order valence-corrected chi connectivity index (χ2v) is 5.67. The molecule has 1 amide bonds. The molecule has 0 spiro atoms. The molecule has 0 saturated heterocycles. The number of rotatable bonds is 4. The molecule has 0 aliphatic heterocycles. The topological polar surface area (TPSA) is 55.1 Å². The summed E-state index contributed by atoms with van der Waals surface area (Å²) in [7, 11) is 0. The SMILES string of the molecule is Cc1ccc(CNC(=O)CC2CCCCC2N)cc1.Cl. The molecule has 4 heteroatoms. The van der Waals surface area contributed by atoms with Gasteiger partial charge in [0.2, 0.25) is 5.91 Å². The average Bonchev–Trinajstić information content (AvgIpc) is 2.41. The molecular formula is C16H25ClN2O. The van der Waals surface area contributed by atoms with Crippen LogP contribution in [0.15, 0.2) is 24.3 Å². The van der Waals surface area contributed by atoms with Gasteiger partial charge in [0.1, 0.15) is 0 Å². The second kappa shape index (κ2) is 8.28. The Bertz CT molecular complexity index is 419. The van der Waals surface area contributed by atoms with E-state index in [-0.39, 0.29) is 24.4 Å². The lowest BCUT2D eigenvalue weighted by atomic mass is 9.83. The number of nitrogens with two attached hydrogens (primary N) is 1. The first kappa shape index (κ1) is 17.0. The number of halogens is 1. The van der Waals surface area contributed by atoms with E-state index < -0.39 is 0 Å². The number of hydrogen-bond donors (Lipinski definition) is 2. The Balaban J connectivity index is 0.00000200. The lowest BCUT2D eigenvalue weighted by Crippen LogP contribution is -2.36. The van der Waals surface area contributed by atoms with Gasteiger partial charge in [-0.05, 0) is 31.2 Å². The third kappa shape index (κ3) is 5.14. The molecule has 2 atom stereocenters. The van der Waals surface area contributed by atoms with Crippen molar-refractivity contribution in [1.29, 1.82) is 0 Å². The molecule has 1 aromatic rings. The molecule has 1 aliphatic rings.